The summed E-state index contributed by atoms with van der Waals surface area (Å²) in [5.74, 6) is -4.20. The molecule has 4 bridgehead atoms. The largest absolute Gasteiger partial charge is 0.392 e. The first kappa shape index (κ1) is 2.02. The van der Waals surface area contributed by atoms with E-state index in [1.165, 1.54) is 0 Å². The quantitative estimate of drug-likeness (QED) is 0.643. The summed E-state index contributed by atoms with van der Waals surface area (Å²) < 4.78 is 149. The van der Waals surface area contributed by atoms with E-state index in [0.717, 1.165) is 0 Å². The smallest absolute Gasteiger partial charge is 0.0648 e. The van der Waals surface area contributed by atoms with Crippen molar-refractivity contribution in [3.05, 3.63) is 0 Å². The summed E-state index contributed by atoms with van der Waals surface area (Å²) in [6.45, 7) is -8.46. The first-order chi connectivity index (χ1) is 13.5. The molecule has 0 amide bonds. The topological polar surface area (TPSA) is 46.2 Å². The second-order valence-corrected chi connectivity index (χ2v) is 3.66. The summed E-state index contributed by atoms with van der Waals surface area (Å²) >= 11 is 0. The highest BCUT2D eigenvalue weighted by Crippen LogP contribution is 2.65. The van der Waals surface area contributed by atoms with Crippen LogP contribution in [0.5, 0.6) is 0 Å². The number of hydrogen-bond acceptors (Lipinski definition) is 2. The number of nitrogens with two attached hydrogens (primary N) is 1. The molecule has 0 aliphatic heterocycles. The molecular weight excluding hydrogens is 174 g/mol. The van der Waals surface area contributed by atoms with Crippen LogP contribution in [-0.4, -0.2) is 16.7 Å². The van der Waals surface area contributed by atoms with Crippen LogP contribution in [0.25, 0.3) is 0 Å². The van der Waals surface area contributed by atoms with Gasteiger partial charge in [-0.05, 0) is 48.6 Å². The Labute approximate surface area is 111 Å². The molecule has 0 aromatic rings. The van der Waals surface area contributed by atoms with Gasteiger partial charge in [0.05, 0.1) is 7.45 Å². The van der Waals surface area contributed by atoms with Crippen LogP contribution in [0.2, 0.25) is 0 Å². The highest BCUT2D eigenvalue weighted by atomic mass is 16.3. The maximum atomic E-state index is 11.3. The Morgan fingerprint density at radius 2 is 1.93 bits per heavy atom. The number of rotatable bonds is 0. The lowest BCUT2D eigenvalue weighted by molar-refractivity contribution is -0.198. The van der Waals surface area contributed by atoms with Gasteiger partial charge in [0.2, 0.25) is 0 Å². The molecule has 4 fully saturated rings. The van der Waals surface area contributed by atoms with Crippen LogP contribution in [0, 0.1) is 16.7 Å². The van der Waals surface area contributed by atoms with Gasteiger partial charge >= 0.3 is 0 Å². The molecule has 2 atom stereocenters. The van der Waals surface area contributed by atoms with E-state index in [0.29, 0.717) is 0 Å². The van der Waals surface area contributed by atoms with Crippen LogP contribution in [0.1, 0.15) is 70.2 Å². The normalized spacial score (nSPS) is 115. The van der Waals surface area contributed by atoms with Crippen molar-refractivity contribution in [2.75, 3.05) is 0 Å². The van der Waals surface area contributed by atoms with Crippen LogP contribution in [0.3, 0.4) is 0 Å². The van der Waals surface area contributed by atoms with Crippen LogP contribution in [0.15, 0.2) is 0 Å². The van der Waals surface area contributed by atoms with Crippen molar-refractivity contribution in [3.8, 4) is 0 Å². The second-order valence-electron chi connectivity index (χ2n) is 3.66. The highest BCUT2D eigenvalue weighted by molar-refractivity contribution is 5.17. The molecule has 0 saturated heterocycles. The third-order valence-electron chi connectivity index (χ3n) is 2.43. The van der Waals surface area contributed by atoms with Gasteiger partial charge in [0.15, 0.2) is 0 Å². The predicted molar refractivity (Wildman–Crippen MR) is 55.7 cm³/mol. The zero-order valence-electron chi connectivity index (χ0n) is 25.0. The average Bonchev–Trinajstić information content (AvgIpc) is 2.44. The molecule has 2 nitrogen and oxygen atoms in total. The molecule has 0 spiro atoms. The van der Waals surface area contributed by atoms with Crippen molar-refractivity contribution in [2.45, 2.75) is 57.2 Å². The summed E-state index contributed by atoms with van der Waals surface area (Å²) in [4.78, 5) is 0. The summed E-state index contributed by atoms with van der Waals surface area (Å²) in [5, 5.41) is 11.3. The van der Waals surface area contributed by atoms with Gasteiger partial charge in [-0.1, -0.05) is 13.7 Å². The minimum Gasteiger partial charge on any atom is -0.392 e. The van der Waals surface area contributed by atoms with Gasteiger partial charge in [0, 0.05) is 28.8 Å². The number of hydrogen-bond donors (Lipinski definition) is 2. The van der Waals surface area contributed by atoms with E-state index in [4.69, 9.17) is 30.4 Å². The molecule has 0 heterocycles. The van der Waals surface area contributed by atoms with Crippen molar-refractivity contribution in [1.29, 1.82) is 0 Å². The standard InChI is InChI=1S/C12H21NO/c1-10-3-8-4-11(2,9(10)14)7-12(13,5-8)6-10/h8-9,14H,3-7,13H2,1-2H3/i1D3,2D3,3D2,4D2,5D2,6D2,7D2,8D,9D. The van der Waals surface area contributed by atoms with Gasteiger partial charge in [0.1, 0.15) is 0 Å². The third kappa shape index (κ3) is 0.938. The lowest BCUT2D eigenvalue weighted by atomic mass is 9.41. The Hall–Kier alpha value is -0.0800. The molecule has 0 aromatic heterocycles. The molecule has 4 aliphatic rings. The fraction of sp³-hybridized carbons (Fsp3) is 1.00. The molecule has 2 heteroatoms. The van der Waals surface area contributed by atoms with Crippen molar-refractivity contribution in [2.24, 2.45) is 22.5 Å². The molecule has 14 heavy (non-hydrogen) atoms. The molecule has 3 N–H and O–H groups in total. The van der Waals surface area contributed by atoms with E-state index < -0.39 is 73.9 Å². The predicted octanol–water partition coefficient (Wildman–Crippen LogP) is 1.66. The van der Waals surface area contributed by atoms with Gasteiger partial charge in [-0.15, -0.1) is 0 Å². The maximum absolute atomic E-state index is 11.3. The van der Waals surface area contributed by atoms with Gasteiger partial charge < -0.3 is 10.8 Å². The minimum absolute atomic E-state index is 4.01. The molecule has 80 valence electrons. The Morgan fingerprint density at radius 1 is 1.36 bits per heavy atom. The van der Waals surface area contributed by atoms with E-state index in [1.54, 1.807) is 0 Å². The van der Waals surface area contributed by atoms with Crippen LogP contribution >= 0.6 is 0 Å². The van der Waals surface area contributed by atoms with Crippen molar-refractivity contribution in [1.82, 2.24) is 0 Å². The van der Waals surface area contributed by atoms with Crippen LogP contribution in [-0.2, 0) is 0 Å². The fourth-order valence-electron chi connectivity index (χ4n) is 1.93. The Balaban J connectivity index is 2.89. The molecule has 4 aliphatic carbocycles. The zero-order valence-corrected chi connectivity index (χ0v) is 7.02. The number of aliphatic hydroxyl groups is 1. The first-order valence-electron chi connectivity index (χ1n) is 13.0. The van der Waals surface area contributed by atoms with Crippen LogP contribution < -0.4 is 5.73 Å². The van der Waals surface area contributed by atoms with Crippen molar-refractivity contribution in [3.63, 3.8) is 0 Å². The van der Waals surface area contributed by atoms with Gasteiger partial charge in [-0.2, -0.15) is 0 Å². The third-order valence-corrected chi connectivity index (χ3v) is 2.43. The Morgan fingerprint density at radius 3 is 2.43 bits per heavy atom. The Kier molecular flexibility index (Phi) is 0.317. The zero-order chi connectivity index (χ0) is 26.0. The summed E-state index contributed by atoms with van der Waals surface area (Å²) in [5.41, 5.74) is -6.85. The first-order valence-corrected chi connectivity index (χ1v) is 4.01. The van der Waals surface area contributed by atoms with E-state index in [9.17, 15) is 5.11 Å². The van der Waals surface area contributed by atoms with E-state index in [1.807, 2.05) is 0 Å². The molecular formula is C12H21NO. The lowest BCUT2D eigenvalue weighted by Gasteiger charge is -2.66. The van der Waals surface area contributed by atoms with E-state index in [2.05, 4.69) is 0 Å². The van der Waals surface area contributed by atoms with Crippen molar-refractivity contribution >= 4 is 0 Å². The van der Waals surface area contributed by atoms with Crippen LogP contribution in [0.4, 0.5) is 0 Å². The minimum atomic E-state index is -4.62. The molecule has 4 rings (SSSR count). The lowest BCUT2D eigenvalue weighted by Crippen LogP contribution is -2.68. The van der Waals surface area contributed by atoms with E-state index >= 15 is 0 Å². The molecule has 0 aromatic carbocycles. The highest BCUT2D eigenvalue weighted by Gasteiger charge is 2.63. The van der Waals surface area contributed by atoms with Gasteiger partial charge in [-0.3, -0.25) is 0 Å². The SMILES string of the molecule is [2H]C([2H])([2H])C12C([2H])([2H])C3([2H])C([2H])([2H])C(N)(C1([2H])[2H])C([2H])([2H])C(C([2H])([2H])[2H])(C3([2H])[2H])C2([2H])O. The summed E-state index contributed by atoms with van der Waals surface area (Å²) in [6, 6.07) is 0. The average molecular weight is 213 g/mol. The molecule has 2 unspecified atom stereocenters. The second kappa shape index (κ2) is 2.19. The summed E-state index contributed by atoms with van der Waals surface area (Å²) in [7, 11) is 0. The summed E-state index contributed by atoms with van der Waals surface area (Å²) in [6.07, 6.45) is -25.8. The van der Waals surface area contributed by atoms with Crippen molar-refractivity contribution < 1.29 is 29.8 Å². The molecule has 0 radical (unpaired) electrons. The maximum Gasteiger partial charge on any atom is 0.0648 e. The fourth-order valence-corrected chi connectivity index (χ4v) is 1.93. The van der Waals surface area contributed by atoms with E-state index in [-0.39, 0.29) is 0 Å². The Bertz CT molecular complexity index is 779. The van der Waals surface area contributed by atoms with Gasteiger partial charge in [-0.25, -0.2) is 0 Å². The monoisotopic (exact) mass is 213 g/mol. The van der Waals surface area contributed by atoms with Gasteiger partial charge in [0.25, 0.3) is 0 Å². The molecule has 4 saturated carbocycles.